The normalized spacial score (nSPS) is 19.5. The molecule has 17 heavy (non-hydrogen) atoms. The molecule has 3 N–H and O–H groups in total. The largest absolute Gasteiger partial charge is 0.465 e. The molecule has 0 bridgehead atoms. The van der Waals surface area contributed by atoms with E-state index in [1.807, 2.05) is 30.3 Å². The molecule has 1 fully saturated rings. The maximum atomic E-state index is 10.8. The molecule has 91 valence electrons. The van der Waals surface area contributed by atoms with Crippen LogP contribution in [-0.2, 0) is 0 Å². The van der Waals surface area contributed by atoms with Crippen LogP contribution in [0.25, 0.3) is 0 Å². The van der Waals surface area contributed by atoms with Crippen LogP contribution in [0.4, 0.5) is 4.79 Å². The molecule has 1 amide bonds. The SMILES string of the molecule is O=C(O)N[C](C[C@H]1CCCN1)c1ccccc1. The van der Waals surface area contributed by atoms with Gasteiger partial charge >= 0.3 is 6.09 Å². The molecule has 4 nitrogen and oxygen atoms in total. The third kappa shape index (κ3) is 3.46. The summed E-state index contributed by atoms with van der Waals surface area (Å²) in [7, 11) is 0. The lowest BCUT2D eigenvalue weighted by Crippen LogP contribution is -2.33. The van der Waals surface area contributed by atoms with Gasteiger partial charge in [0.05, 0.1) is 6.04 Å². The first-order valence-corrected chi connectivity index (χ1v) is 5.90. The first-order valence-electron chi connectivity index (χ1n) is 5.90. The summed E-state index contributed by atoms with van der Waals surface area (Å²) < 4.78 is 0. The Kier molecular flexibility index (Phi) is 3.98. The van der Waals surface area contributed by atoms with Crippen molar-refractivity contribution < 1.29 is 9.90 Å². The molecule has 0 spiro atoms. The minimum absolute atomic E-state index is 0.386. The Hall–Kier alpha value is -1.55. The van der Waals surface area contributed by atoms with Gasteiger partial charge in [0.2, 0.25) is 0 Å². The molecule has 0 unspecified atom stereocenters. The van der Waals surface area contributed by atoms with Gasteiger partial charge in [0.25, 0.3) is 0 Å². The van der Waals surface area contributed by atoms with Crippen LogP contribution < -0.4 is 10.6 Å². The van der Waals surface area contributed by atoms with Crippen LogP contribution in [0.5, 0.6) is 0 Å². The van der Waals surface area contributed by atoms with Crippen LogP contribution in [0.2, 0.25) is 0 Å². The van der Waals surface area contributed by atoms with Crippen molar-refractivity contribution in [2.24, 2.45) is 0 Å². The number of hydrogen-bond donors (Lipinski definition) is 3. The second kappa shape index (κ2) is 5.68. The summed E-state index contributed by atoms with van der Waals surface area (Å²) >= 11 is 0. The Labute approximate surface area is 101 Å². The van der Waals surface area contributed by atoms with Gasteiger partial charge in [0.15, 0.2) is 0 Å². The fourth-order valence-electron chi connectivity index (χ4n) is 2.19. The van der Waals surface area contributed by atoms with Crippen molar-refractivity contribution in [3.8, 4) is 0 Å². The quantitative estimate of drug-likeness (QED) is 0.745. The third-order valence-corrected chi connectivity index (χ3v) is 2.99. The highest BCUT2D eigenvalue weighted by atomic mass is 16.4. The molecule has 4 heteroatoms. The van der Waals surface area contributed by atoms with Crippen molar-refractivity contribution in [2.75, 3.05) is 6.54 Å². The van der Waals surface area contributed by atoms with E-state index >= 15 is 0 Å². The van der Waals surface area contributed by atoms with Crippen LogP contribution in [-0.4, -0.2) is 23.8 Å². The van der Waals surface area contributed by atoms with Crippen LogP contribution in [0.3, 0.4) is 0 Å². The standard InChI is InChI=1S/C13H17N2O2/c16-13(17)15-12(9-11-7-4-8-14-11)10-5-2-1-3-6-10/h1-3,5-6,11,14-15H,4,7-9H2,(H,16,17)/t11-/m1/s1. The maximum absolute atomic E-state index is 10.8. The predicted molar refractivity (Wildman–Crippen MR) is 65.6 cm³/mol. The Bertz CT molecular complexity index is 361. The van der Waals surface area contributed by atoms with Gasteiger partial charge in [-0.05, 0) is 31.4 Å². The second-order valence-corrected chi connectivity index (χ2v) is 4.27. The summed E-state index contributed by atoms with van der Waals surface area (Å²) in [5, 5.41) is 14.8. The molecule has 1 radical (unpaired) electrons. The van der Waals surface area contributed by atoms with Crippen molar-refractivity contribution in [3.05, 3.63) is 41.9 Å². The fraction of sp³-hybridized carbons (Fsp3) is 0.385. The van der Waals surface area contributed by atoms with Crippen LogP contribution >= 0.6 is 0 Å². The third-order valence-electron chi connectivity index (χ3n) is 2.99. The zero-order chi connectivity index (χ0) is 12.1. The van der Waals surface area contributed by atoms with Gasteiger partial charge < -0.3 is 15.7 Å². The molecule has 1 atom stereocenters. The first-order chi connectivity index (χ1) is 8.25. The molecule has 1 saturated heterocycles. The monoisotopic (exact) mass is 233 g/mol. The van der Waals surface area contributed by atoms with E-state index in [0.29, 0.717) is 6.04 Å². The summed E-state index contributed by atoms with van der Waals surface area (Å²) in [6.07, 6.45) is 2.01. The van der Waals surface area contributed by atoms with Gasteiger partial charge in [-0.2, -0.15) is 0 Å². The number of hydrogen-bond acceptors (Lipinski definition) is 2. The Morgan fingerprint density at radius 2 is 2.18 bits per heavy atom. The van der Waals surface area contributed by atoms with Crippen molar-refractivity contribution in [3.63, 3.8) is 0 Å². The van der Waals surface area contributed by atoms with Gasteiger partial charge in [-0.3, -0.25) is 0 Å². The lowest BCUT2D eigenvalue weighted by Gasteiger charge is -2.20. The average molecular weight is 233 g/mol. The van der Waals surface area contributed by atoms with Gasteiger partial charge in [0.1, 0.15) is 0 Å². The van der Waals surface area contributed by atoms with Gasteiger partial charge in [0, 0.05) is 6.04 Å². The number of carboxylic acid groups (broad SMARTS) is 1. The summed E-state index contributed by atoms with van der Waals surface area (Å²) in [5.74, 6) is 0. The molecule has 1 aromatic carbocycles. The average Bonchev–Trinajstić information content (AvgIpc) is 2.82. The summed E-state index contributed by atoms with van der Waals surface area (Å²) in [6.45, 7) is 1.03. The summed E-state index contributed by atoms with van der Waals surface area (Å²) in [6, 6.07) is 10.8. The van der Waals surface area contributed by atoms with E-state index in [4.69, 9.17) is 5.11 Å². The lowest BCUT2D eigenvalue weighted by atomic mass is 9.98. The smallest absolute Gasteiger partial charge is 0.405 e. The summed E-state index contributed by atoms with van der Waals surface area (Å²) in [5.41, 5.74) is 0.948. The molecular weight excluding hydrogens is 216 g/mol. The number of carbonyl (C=O) groups is 1. The van der Waals surface area contributed by atoms with E-state index in [0.717, 1.165) is 31.0 Å². The molecule has 1 aliphatic heterocycles. The first kappa shape index (κ1) is 11.9. The van der Waals surface area contributed by atoms with Crippen molar-refractivity contribution in [1.82, 2.24) is 10.6 Å². The van der Waals surface area contributed by atoms with Gasteiger partial charge in [-0.25, -0.2) is 4.79 Å². The molecule has 2 rings (SSSR count). The molecule has 0 saturated carbocycles. The Morgan fingerprint density at radius 1 is 1.41 bits per heavy atom. The zero-order valence-corrected chi connectivity index (χ0v) is 9.65. The molecule has 1 heterocycles. The van der Waals surface area contributed by atoms with E-state index in [2.05, 4.69) is 10.6 Å². The van der Waals surface area contributed by atoms with E-state index in [1.165, 1.54) is 6.42 Å². The van der Waals surface area contributed by atoms with E-state index < -0.39 is 6.09 Å². The maximum Gasteiger partial charge on any atom is 0.405 e. The Morgan fingerprint density at radius 3 is 2.76 bits per heavy atom. The predicted octanol–water partition coefficient (Wildman–Crippen LogP) is 1.98. The highest BCUT2D eigenvalue weighted by molar-refractivity contribution is 5.67. The topological polar surface area (TPSA) is 61.4 Å². The van der Waals surface area contributed by atoms with E-state index in [9.17, 15) is 4.79 Å². The summed E-state index contributed by atoms with van der Waals surface area (Å²) in [4.78, 5) is 10.8. The van der Waals surface area contributed by atoms with Crippen LogP contribution in [0.1, 0.15) is 24.8 Å². The molecule has 1 aliphatic rings. The molecule has 1 aromatic rings. The van der Waals surface area contributed by atoms with Crippen molar-refractivity contribution in [1.29, 1.82) is 0 Å². The minimum atomic E-state index is -0.998. The fourth-order valence-corrected chi connectivity index (χ4v) is 2.19. The van der Waals surface area contributed by atoms with Gasteiger partial charge in [-0.15, -0.1) is 0 Å². The number of benzene rings is 1. The Balaban J connectivity index is 2.04. The van der Waals surface area contributed by atoms with Crippen molar-refractivity contribution in [2.45, 2.75) is 25.3 Å². The highest BCUT2D eigenvalue weighted by Crippen LogP contribution is 2.21. The number of amides is 1. The zero-order valence-electron chi connectivity index (χ0n) is 9.65. The minimum Gasteiger partial charge on any atom is -0.465 e. The highest BCUT2D eigenvalue weighted by Gasteiger charge is 2.22. The molecule has 0 aromatic heterocycles. The van der Waals surface area contributed by atoms with Crippen molar-refractivity contribution >= 4 is 6.09 Å². The van der Waals surface area contributed by atoms with E-state index in [1.54, 1.807) is 0 Å². The second-order valence-electron chi connectivity index (χ2n) is 4.27. The van der Waals surface area contributed by atoms with Gasteiger partial charge in [-0.1, -0.05) is 30.3 Å². The number of nitrogens with one attached hydrogen (secondary N) is 2. The molecular formula is C13H17N2O2. The lowest BCUT2D eigenvalue weighted by molar-refractivity contribution is 0.195. The molecule has 0 aliphatic carbocycles. The number of rotatable bonds is 4. The van der Waals surface area contributed by atoms with E-state index in [-0.39, 0.29) is 0 Å². The van der Waals surface area contributed by atoms with Crippen LogP contribution in [0.15, 0.2) is 30.3 Å². The van der Waals surface area contributed by atoms with Crippen LogP contribution in [0, 0.1) is 6.04 Å².